The molecule has 3 amide bonds. The molecule has 6 heteroatoms. The van der Waals surface area contributed by atoms with Crippen LogP contribution < -0.4 is 16.0 Å². The fourth-order valence-electron chi connectivity index (χ4n) is 2.89. The van der Waals surface area contributed by atoms with E-state index in [1.165, 1.54) is 19.8 Å². The van der Waals surface area contributed by atoms with Gasteiger partial charge in [0.15, 0.2) is 0 Å². The van der Waals surface area contributed by atoms with Crippen LogP contribution in [0, 0.1) is 0 Å². The highest BCUT2D eigenvalue weighted by molar-refractivity contribution is 6.03. The quantitative estimate of drug-likeness (QED) is 0.573. The van der Waals surface area contributed by atoms with Crippen LogP contribution >= 0.6 is 0 Å². The zero-order chi connectivity index (χ0) is 17.4. The molecular formula is C18H25N3O3. The molecule has 0 aliphatic heterocycles. The molecule has 6 nitrogen and oxygen atoms in total. The van der Waals surface area contributed by atoms with Crippen molar-refractivity contribution in [3.05, 3.63) is 24.3 Å². The maximum atomic E-state index is 12.0. The van der Waals surface area contributed by atoms with Gasteiger partial charge in [0.25, 0.3) is 0 Å². The lowest BCUT2D eigenvalue weighted by Gasteiger charge is -2.16. The Morgan fingerprint density at radius 1 is 0.875 bits per heavy atom. The van der Waals surface area contributed by atoms with E-state index < -0.39 is 0 Å². The van der Waals surface area contributed by atoms with Crippen molar-refractivity contribution in [3.8, 4) is 0 Å². The number of nitrogens with one attached hydrogen (secondary N) is 3. The van der Waals surface area contributed by atoms with E-state index in [4.69, 9.17) is 0 Å². The molecule has 0 heterocycles. The van der Waals surface area contributed by atoms with Crippen molar-refractivity contribution in [2.75, 3.05) is 10.6 Å². The van der Waals surface area contributed by atoms with Crippen molar-refractivity contribution >= 4 is 29.1 Å². The van der Waals surface area contributed by atoms with E-state index in [0.717, 1.165) is 25.7 Å². The largest absolute Gasteiger partial charge is 0.353 e. The third kappa shape index (κ3) is 6.40. The van der Waals surface area contributed by atoms with Crippen molar-refractivity contribution in [1.29, 1.82) is 0 Å². The minimum absolute atomic E-state index is 0.151. The smallest absolute Gasteiger partial charge is 0.233 e. The molecule has 0 spiro atoms. The first kappa shape index (κ1) is 18.0. The van der Waals surface area contributed by atoms with Crippen molar-refractivity contribution in [2.45, 2.75) is 57.9 Å². The third-order valence-corrected chi connectivity index (χ3v) is 4.03. The van der Waals surface area contributed by atoms with Gasteiger partial charge in [0.05, 0.1) is 0 Å². The van der Waals surface area contributed by atoms with Crippen LogP contribution in [0.2, 0.25) is 0 Å². The Kier molecular flexibility index (Phi) is 6.78. The van der Waals surface area contributed by atoms with Gasteiger partial charge in [-0.05, 0) is 37.1 Å². The van der Waals surface area contributed by atoms with E-state index in [1.54, 1.807) is 24.3 Å². The van der Waals surface area contributed by atoms with Crippen LogP contribution in [-0.4, -0.2) is 23.8 Å². The molecule has 0 saturated heterocycles. The zero-order valence-electron chi connectivity index (χ0n) is 14.1. The van der Waals surface area contributed by atoms with Crippen molar-refractivity contribution in [1.82, 2.24) is 5.32 Å². The summed E-state index contributed by atoms with van der Waals surface area (Å²) >= 11 is 0. The molecule has 0 radical (unpaired) electrons. The number of rotatable bonds is 5. The van der Waals surface area contributed by atoms with E-state index in [9.17, 15) is 14.4 Å². The molecule has 1 aromatic carbocycles. The summed E-state index contributed by atoms with van der Waals surface area (Å²) in [5.41, 5.74) is 1.25. The number of amides is 3. The van der Waals surface area contributed by atoms with Crippen LogP contribution in [-0.2, 0) is 14.4 Å². The zero-order valence-corrected chi connectivity index (χ0v) is 14.1. The second-order valence-corrected chi connectivity index (χ2v) is 6.24. The first-order chi connectivity index (χ1) is 11.5. The Morgan fingerprint density at radius 3 is 1.96 bits per heavy atom. The summed E-state index contributed by atoms with van der Waals surface area (Å²) in [6.07, 6.45) is 6.54. The van der Waals surface area contributed by atoms with Crippen LogP contribution in [0.3, 0.4) is 0 Å². The molecule has 0 unspecified atom stereocenters. The molecule has 1 aliphatic carbocycles. The summed E-state index contributed by atoms with van der Waals surface area (Å²) in [4.78, 5) is 34.9. The van der Waals surface area contributed by atoms with Crippen molar-refractivity contribution in [2.24, 2.45) is 0 Å². The monoisotopic (exact) mass is 331 g/mol. The van der Waals surface area contributed by atoms with Gasteiger partial charge in [0, 0.05) is 24.3 Å². The summed E-state index contributed by atoms with van der Waals surface area (Å²) in [5.74, 6) is -0.718. The van der Waals surface area contributed by atoms with Gasteiger partial charge in [-0.3, -0.25) is 14.4 Å². The first-order valence-corrected chi connectivity index (χ1v) is 8.50. The molecule has 24 heavy (non-hydrogen) atoms. The third-order valence-electron chi connectivity index (χ3n) is 4.03. The Hall–Kier alpha value is -2.37. The van der Waals surface area contributed by atoms with Gasteiger partial charge in [-0.25, -0.2) is 0 Å². The van der Waals surface area contributed by atoms with E-state index in [0.29, 0.717) is 11.4 Å². The van der Waals surface area contributed by atoms with Crippen LogP contribution in [0.25, 0.3) is 0 Å². The van der Waals surface area contributed by atoms with Crippen LogP contribution in [0.1, 0.15) is 51.9 Å². The Bertz CT molecular complexity index is 576. The van der Waals surface area contributed by atoms with Crippen molar-refractivity contribution in [3.63, 3.8) is 0 Å². The molecule has 1 aliphatic rings. The van der Waals surface area contributed by atoms with Crippen LogP contribution in [0.4, 0.5) is 11.4 Å². The molecule has 1 aromatic rings. The fourth-order valence-corrected chi connectivity index (χ4v) is 2.89. The number of benzene rings is 1. The summed E-state index contributed by atoms with van der Waals surface area (Å²) in [6.45, 7) is 1.43. The van der Waals surface area contributed by atoms with E-state index in [2.05, 4.69) is 16.0 Å². The maximum absolute atomic E-state index is 12.0. The van der Waals surface area contributed by atoms with Crippen LogP contribution in [0.15, 0.2) is 24.3 Å². The van der Waals surface area contributed by atoms with Crippen LogP contribution in [0.5, 0.6) is 0 Å². The highest BCUT2D eigenvalue weighted by Gasteiger charge is 2.16. The molecule has 2 rings (SSSR count). The van der Waals surface area contributed by atoms with E-state index in [-0.39, 0.29) is 30.2 Å². The predicted octanol–water partition coefficient (Wildman–Crippen LogP) is 2.81. The summed E-state index contributed by atoms with van der Waals surface area (Å²) < 4.78 is 0. The SMILES string of the molecule is CC(=O)Nc1ccc(NC(=O)CC(=O)NC2CCCCCC2)cc1. The Morgan fingerprint density at radius 2 is 1.42 bits per heavy atom. The molecule has 130 valence electrons. The molecule has 3 N–H and O–H groups in total. The van der Waals surface area contributed by atoms with Gasteiger partial charge >= 0.3 is 0 Å². The fraction of sp³-hybridized carbons (Fsp3) is 0.500. The lowest BCUT2D eigenvalue weighted by atomic mass is 10.1. The Balaban J connectivity index is 1.77. The Labute approximate surface area is 142 Å². The summed E-state index contributed by atoms with van der Waals surface area (Å²) in [7, 11) is 0. The molecular weight excluding hydrogens is 306 g/mol. The van der Waals surface area contributed by atoms with Gasteiger partial charge in [-0.15, -0.1) is 0 Å². The second-order valence-electron chi connectivity index (χ2n) is 6.24. The highest BCUT2D eigenvalue weighted by atomic mass is 16.2. The number of hydrogen-bond acceptors (Lipinski definition) is 3. The summed E-state index contributed by atoms with van der Waals surface area (Å²) in [6, 6.07) is 6.97. The normalized spacial score (nSPS) is 15.2. The molecule has 0 atom stereocenters. The van der Waals surface area contributed by atoms with Gasteiger partial charge in [-0.1, -0.05) is 25.7 Å². The predicted molar refractivity (Wildman–Crippen MR) is 93.6 cm³/mol. The second kappa shape index (κ2) is 9.05. The topological polar surface area (TPSA) is 87.3 Å². The number of carbonyl (C=O) groups excluding carboxylic acids is 3. The lowest BCUT2D eigenvalue weighted by Crippen LogP contribution is -2.36. The van der Waals surface area contributed by atoms with Gasteiger partial charge in [0.1, 0.15) is 6.42 Å². The minimum Gasteiger partial charge on any atom is -0.353 e. The van der Waals surface area contributed by atoms with Gasteiger partial charge in [-0.2, -0.15) is 0 Å². The average molecular weight is 331 g/mol. The highest BCUT2D eigenvalue weighted by Crippen LogP contribution is 2.17. The average Bonchev–Trinajstić information content (AvgIpc) is 2.77. The maximum Gasteiger partial charge on any atom is 0.233 e. The lowest BCUT2D eigenvalue weighted by molar-refractivity contribution is -0.127. The summed E-state index contributed by atoms with van der Waals surface area (Å²) in [5, 5.41) is 8.30. The first-order valence-electron chi connectivity index (χ1n) is 8.50. The van der Waals surface area contributed by atoms with Gasteiger partial charge < -0.3 is 16.0 Å². The van der Waals surface area contributed by atoms with E-state index in [1.807, 2.05) is 0 Å². The van der Waals surface area contributed by atoms with Crippen molar-refractivity contribution < 1.29 is 14.4 Å². The molecule has 0 aromatic heterocycles. The number of anilines is 2. The molecule has 1 fully saturated rings. The standard InChI is InChI=1S/C18H25N3O3/c1-13(22)19-15-8-10-16(11-9-15)21-18(24)12-17(23)20-14-6-4-2-3-5-7-14/h8-11,14H,2-7,12H2,1H3,(H,19,22)(H,20,23)(H,21,24). The number of carbonyl (C=O) groups is 3. The molecule has 1 saturated carbocycles. The minimum atomic E-state index is -0.339. The van der Waals surface area contributed by atoms with E-state index >= 15 is 0 Å². The van der Waals surface area contributed by atoms with Gasteiger partial charge in [0.2, 0.25) is 17.7 Å². The molecule has 0 bridgehead atoms. The number of hydrogen-bond donors (Lipinski definition) is 3.